The van der Waals surface area contributed by atoms with Gasteiger partial charge in [0.15, 0.2) is 5.78 Å². The van der Waals surface area contributed by atoms with Gasteiger partial charge in [-0.2, -0.15) is 0 Å². The van der Waals surface area contributed by atoms with Gasteiger partial charge in [-0.25, -0.2) is 4.98 Å². The zero-order chi connectivity index (χ0) is 14.5. The minimum atomic E-state index is 0.255. The fourth-order valence-electron chi connectivity index (χ4n) is 2.48. The zero-order valence-electron chi connectivity index (χ0n) is 11.9. The molecule has 0 amide bonds. The highest BCUT2D eigenvalue weighted by Crippen LogP contribution is 2.21. The van der Waals surface area contributed by atoms with Crippen LogP contribution in [0.2, 0.25) is 0 Å². The van der Waals surface area contributed by atoms with Crippen LogP contribution in [0.5, 0.6) is 0 Å². The Labute approximate surface area is 128 Å². The van der Waals surface area contributed by atoms with E-state index >= 15 is 0 Å². The Morgan fingerprint density at radius 3 is 2.76 bits per heavy atom. The van der Waals surface area contributed by atoms with Crippen LogP contribution in [0.25, 0.3) is 11.3 Å². The van der Waals surface area contributed by atoms with E-state index in [2.05, 4.69) is 15.2 Å². The van der Waals surface area contributed by atoms with Gasteiger partial charge >= 0.3 is 0 Å². The highest BCUT2D eigenvalue weighted by Gasteiger charge is 2.15. The van der Waals surface area contributed by atoms with Crippen LogP contribution in [-0.4, -0.2) is 48.4 Å². The molecular weight excluding hydrogens is 282 g/mol. The molecule has 4 nitrogen and oxygen atoms in total. The van der Waals surface area contributed by atoms with Crippen LogP contribution in [-0.2, 0) is 11.2 Å². The minimum absolute atomic E-state index is 0.255. The van der Waals surface area contributed by atoms with Gasteiger partial charge in [-0.1, -0.05) is 30.3 Å². The van der Waals surface area contributed by atoms with E-state index in [1.807, 2.05) is 35.7 Å². The Balaban J connectivity index is 1.58. The largest absolute Gasteiger partial charge is 0.314 e. The molecule has 0 atom stereocenters. The lowest BCUT2D eigenvalue weighted by Crippen LogP contribution is -2.45. The third-order valence-electron chi connectivity index (χ3n) is 3.58. The summed E-state index contributed by atoms with van der Waals surface area (Å²) in [5, 5.41) is 6.24. The van der Waals surface area contributed by atoms with Crippen molar-refractivity contribution in [2.24, 2.45) is 0 Å². The zero-order valence-corrected chi connectivity index (χ0v) is 12.7. The molecule has 0 bridgehead atoms. The van der Waals surface area contributed by atoms with E-state index in [4.69, 9.17) is 0 Å². The Morgan fingerprint density at radius 2 is 2.00 bits per heavy atom. The lowest BCUT2D eigenvalue weighted by molar-refractivity contribution is -0.119. The first-order valence-corrected chi connectivity index (χ1v) is 8.14. The van der Waals surface area contributed by atoms with Crippen LogP contribution in [0.1, 0.15) is 5.01 Å². The number of carbonyl (C=O) groups excluding carboxylic acids is 1. The van der Waals surface area contributed by atoms with Crippen molar-refractivity contribution in [1.29, 1.82) is 0 Å². The number of carbonyl (C=O) groups is 1. The molecule has 2 aromatic rings. The molecule has 1 aromatic carbocycles. The lowest BCUT2D eigenvalue weighted by Gasteiger charge is -2.26. The maximum atomic E-state index is 12.1. The van der Waals surface area contributed by atoms with Crippen molar-refractivity contribution in [2.75, 3.05) is 32.7 Å². The fraction of sp³-hybridized carbons (Fsp3) is 0.375. The molecule has 0 spiro atoms. The van der Waals surface area contributed by atoms with Gasteiger partial charge in [-0.3, -0.25) is 9.69 Å². The van der Waals surface area contributed by atoms with Crippen molar-refractivity contribution in [3.63, 3.8) is 0 Å². The molecule has 0 aliphatic carbocycles. The van der Waals surface area contributed by atoms with Crippen molar-refractivity contribution in [2.45, 2.75) is 6.42 Å². The van der Waals surface area contributed by atoms with Crippen LogP contribution in [0.4, 0.5) is 0 Å². The highest BCUT2D eigenvalue weighted by atomic mass is 32.1. The maximum Gasteiger partial charge on any atom is 0.153 e. The van der Waals surface area contributed by atoms with E-state index in [9.17, 15) is 4.79 Å². The second kappa shape index (κ2) is 6.93. The van der Waals surface area contributed by atoms with Crippen molar-refractivity contribution in [3.8, 4) is 11.3 Å². The number of hydrogen-bond donors (Lipinski definition) is 1. The van der Waals surface area contributed by atoms with E-state index in [0.717, 1.165) is 42.4 Å². The minimum Gasteiger partial charge on any atom is -0.314 e. The summed E-state index contributed by atoms with van der Waals surface area (Å²) in [5.41, 5.74) is 2.07. The van der Waals surface area contributed by atoms with Gasteiger partial charge in [0.1, 0.15) is 5.01 Å². The van der Waals surface area contributed by atoms with E-state index in [0.29, 0.717) is 13.0 Å². The highest BCUT2D eigenvalue weighted by molar-refractivity contribution is 7.10. The van der Waals surface area contributed by atoms with E-state index in [1.54, 1.807) is 11.3 Å². The normalized spacial score (nSPS) is 16.0. The summed E-state index contributed by atoms with van der Waals surface area (Å²) in [6.45, 7) is 4.41. The van der Waals surface area contributed by atoms with Crippen LogP contribution in [0, 0.1) is 0 Å². The number of aromatic nitrogens is 1. The number of ketones is 1. The number of piperazine rings is 1. The molecule has 1 aromatic heterocycles. The molecule has 3 rings (SSSR count). The molecule has 0 unspecified atom stereocenters. The molecule has 1 N–H and O–H groups in total. The summed E-state index contributed by atoms with van der Waals surface area (Å²) < 4.78 is 0. The number of nitrogens with one attached hydrogen (secondary N) is 1. The average molecular weight is 301 g/mol. The predicted octanol–water partition coefficient (Wildman–Crippen LogP) is 1.83. The third kappa shape index (κ3) is 3.97. The van der Waals surface area contributed by atoms with Crippen molar-refractivity contribution in [1.82, 2.24) is 15.2 Å². The maximum absolute atomic E-state index is 12.1. The molecule has 0 radical (unpaired) electrons. The summed E-state index contributed by atoms with van der Waals surface area (Å²) >= 11 is 1.57. The summed E-state index contributed by atoms with van der Waals surface area (Å²) in [4.78, 5) is 18.9. The van der Waals surface area contributed by atoms with Gasteiger partial charge in [-0.05, 0) is 0 Å². The van der Waals surface area contributed by atoms with E-state index < -0.39 is 0 Å². The van der Waals surface area contributed by atoms with E-state index in [-0.39, 0.29) is 5.78 Å². The van der Waals surface area contributed by atoms with Crippen LogP contribution in [0.15, 0.2) is 35.7 Å². The second-order valence-corrected chi connectivity index (χ2v) is 6.18. The number of rotatable bonds is 5. The topological polar surface area (TPSA) is 45.2 Å². The van der Waals surface area contributed by atoms with Gasteiger partial charge in [0.05, 0.1) is 18.7 Å². The van der Waals surface area contributed by atoms with Crippen LogP contribution in [0.3, 0.4) is 0 Å². The Hall–Kier alpha value is -1.56. The predicted molar refractivity (Wildman–Crippen MR) is 85.6 cm³/mol. The molecule has 1 aliphatic heterocycles. The Kier molecular flexibility index (Phi) is 4.75. The van der Waals surface area contributed by atoms with Gasteiger partial charge in [0.2, 0.25) is 0 Å². The lowest BCUT2D eigenvalue weighted by atomic mass is 10.2. The van der Waals surface area contributed by atoms with Gasteiger partial charge in [0.25, 0.3) is 0 Å². The molecule has 1 saturated heterocycles. The Morgan fingerprint density at radius 1 is 1.24 bits per heavy atom. The number of hydrogen-bond acceptors (Lipinski definition) is 5. The van der Waals surface area contributed by atoms with Crippen LogP contribution >= 0.6 is 11.3 Å². The molecule has 5 heteroatoms. The van der Waals surface area contributed by atoms with Crippen molar-refractivity contribution < 1.29 is 4.79 Å². The number of nitrogens with zero attached hydrogens (tertiary/aromatic N) is 2. The summed E-state index contributed by atoms with van der Waals surface area (Å²) in [6, 6.07) is 10.1. The summed E-state index contributed by atoms with van der Waals surface area (Å²) in [7, 11) is 0. The van der Waals surface area contributed by atoms with Gasteiger partial charge in [-0.15, -0.1) is 11.3 Å². The number of thiazole rings is 1. The van der Waals surface area contributed by atoms with Gasteiger partial charge in [0, 0.05) is 37.1 Å². The smallest absolute Gasteiger partial charge is 0.153 e. The Bertz CT molecular complexity index is 591. The molecule has 21 heavy (non-hydrogen) atoms. The first-order chi connectivity index (χ1) is 10.3. The molecule has 1 aliphatic rings. The monoisotopic (exact) mass is 301 g/mol. The van der Waals surface area contributed by atoms with Gasteiger partial charge < -0.3 is 5.32 Å². The molecule has 2 heterocycles. The average Bonchev–Trinajstić information content (AvgIpc) is 2.97. The van der Waals surface area contributed by atoms with E-state index in [1.165, 1.54) is 0 Å². The third-order valence-corrected chi connectivity index (χ3v) is 4.43. The van der Waals surface area contributed by atoms with Crippen molar-refractivity contribution in [3.05, 3.63) is 40.7 Å². The van der Waals surface area contributed by atoms with Crippen LogP contribution < -0.4 is 5.32 Å². The first-order valence-electron chi connectivity index (χ1n) is 7.26. The molecular formula is C16H19N3OS. The number of benzene rings is 1. The van der Waals surface area contributed by atoms with Crippen molar-refractivity contribution >= 4 is 17.1 Å². The fourth-order valence-corrected chi connectivity index (χ4v) is 3.31. The summed E-state index contributed by atoms with van der Waals surface area (Å²) in [6.07, 6.45) is 0.446. The SMILES string of the molecule is O=C(Cc1nc(-c2ccccc2)cs1)CN1CCNCC1. The summed E-state index contributed by atoms with van der Waals surface area (Å²) in [5.74, 6) is 0.255. The standard InChI is InChI=1S/C16H19N3OS/c20-14(11-19-8-6-17-7-9-19)10-16-18-15(12-21-16)13-4-2-1-3-5-13/h1-5,12,17H,6-11H2. The molecule has 110 valence electrons. The number of Topliss-reactive ketones (excluding diaryl/α,β-unsaturated/α-hetero) is 1. The first kappa shape index (κ1) is 14.4. The molecule has 1 fully saturated rings. The quantitative estimate of drug-likeness (QED) is 0.915. The second-order valence-electron chi connectivity index (χ2n) is 5.23. The molecule has 0 saturated carbocycles.